The van der Waals surface area contributed by atoms with Gasteiger partial charge in [-0.05, 0) is 0 Å². The molecule has 0 amide bonds. The third-order valence-electron chi connectivity index (χ3n) is 5.49. The third kappa shape index (κ3) is 5.36. The Hall–Kier alpha value is -1.59. The molecule has 4 aromatic rings. The molecule has 0 nitrogen and oxygen atoms in total. The minimum atomic E-state index is 0.243. The van der Waals surface area contributed by atoms with Gasteiger partial charge in [0.1, 0.15) is 0 Å². The molecule has 0 N–H and O–H groups in total. The van der Waals surface area contributed by atoms with E-state index in [1.165, 1.54) is 68.0 Å². The molecule has 0 saturated heterocycles. The van der Waals surface area contributed by atoms with Crippen molar-refractivity contribution in [2.75, 3.05) is 0 Å². The van der Waals surface area contributed by atoms with Crippen molar-refractivity contribution in [3.63, 3.8) is 0 Å². The Morgan fingerprint density at radius 3 is 1.20 bits per heavy atom. The fraction of sp³-hybridized carbons (Fsp3) is 0.345. The summed E-state index contributed by atoms with van der Waals surface area (Å²) in [4.78, 5) is 0. The van der Waals surface area contributed by atoms with E-state index in [1.807, 2.05) is 0 Å². The van der Waals surface area contributed by atoms with Gasteiger partial charge in [0.05, 0.1) is 0 Å². The first kappa shape index (κ1) is 24.7. The predicted molar refractivity (Wildman–Crippen MR) is 133 cm³/mol. The van der Waals surface area contributed by atoms with E-state index in [2.05, 4.69) is 120 Å². The van der Waals surface area contributed by atoms with Gasteiger partial charge in [0.15, 0.2) is 0 Å². The second kappa shape index (κ2) is 9.70. The molecule has 4 aromatic carbocycles. The van der Waals surface area contributed by atoms with Crippen LogP contribution in [-0.4, -0.2) is 4.21 Å². The Kier molecular flexibility index (Phi) is 7.98. The summed E-state index contributed by atoms with van der Waals surface area (Å²) in [6.07, 6.45) is 0. The van der Waals surface area contributed by atoms with Crippen LogP contribution in [0.3, 0.4) is 0 Å². The summed E-state index contributed by atoms with van der Waals surface area (Å²) in [5, 5.41) is 5.57. The Balaban J connectivity index is 0.000000197. The monoisotopic (exact) mass is 474 g/mol. The van der Waals surface area contributed by atoms with Gasteiger partial charge in [-0.15, -0.1) is 92.3 Å². The van der Waals surface area contributed by atoms with E-state index in [0.29, 0.717) is 0 Å². The first-order chi connectivity index (χ1) is 14.0. The zero-order valence-corrected chi connectivity index (χ0v) is 22.4. The van der Waals surface area contributed by atoms with Crippen molar-refractivity contribution in [1.82, 2.24) is 0 Å². The van der Waals surface area contributed by atoms with Gasteiger partial charge in [0.25, 0.3) is 0 Å². The van der Waals surface area contributed by atoms with Gasteiger partial charge in [0, 0.05) is 0 Å². The molecule has 0 radical (unpaired) electrons. The number of fused-ring (bicyclic) bond motifs is 2. The van der Waals surface area contributed by atoms with Crippen molar-refractivity contribution >= 4 is 25.8 Å². The number of benzene rings is 2. The second-order valence-corrected chi connectivity index (χ2v) is 10.1. The molecule has 0 saturated carbocycles. The maximum atomic E-state index is 3.34. The summed E-state index contributed by atoms with van der Waals surface area (Å²) in [5.41, 5.74) is 6.30. The van der Waals surface area contributed by atoms with Crippen LogP contribution < -0.4 is 0 Å². The Labute approximate surface area is 198 Å². The Bertz CT molecular complexity index is 1020. The van der Waals surface area contributed by atoms with Gasteiger partial charge < -0.3 is 0 Å². The number of hydrogen-bond donors (Lipinski definition) is 0. The van der Waals surface area contributed by atoms with E-state index in [4.69, 9.17) is 0 Å². The summed E-state index contributed by atoms with van der Waals surface area (Å²) >= 11 is 1.30. The third-order valence-corrected chi connectivity index (χ3v) is 5.49. The standard InChI is InChI=1S/2C14H17.CH2.Zr/c2*1-10-9-11-7-5-6-8-12(11)13(10)14(2,3)4;;/h2*5-9H,1-4H3;1H2;/q2*-1;;+2. The normalized spacial score (nSPS) is 11.7. The van der Waals surface area contributed by atoms with Crippen molar-refractivity contribution < 1.29 is 24.2 Å². The van der Waals surface area contributed by atoms with Crippen molar-refractivity contribution in [3.05, 3.63) is 82.9 Å². The first-order valence-electron chi connectivity index (χ1n) is 10.7. The second-order valence-electron chi connectivity index (χ2n) is 10.1. The van der Waals surface area contributed by atoms with Gasteiger partial charge in [-0.25, -0.2) is 0 Å². The van der Waals surface area contributed by atoms with E-state index in [0.717, 1.165) is 0 Å². The van der Waals surface area contributed by atoms with Gasteiger partial charge in [-0.3, -0.25) is 0 Å². The zero-order chi connectivity index (χ0) is 22.7. The molecule has 0 aliphatic carbocycles. The van der Waals surface area contributed by atoms with Gasteiger partial charge >= 0.3 is 28.4 Å². The average Bonchev–Trinajstić information content (AvgIpc) is 3.18. The van der Waals surface area contributed by atoms with Crippen molar-refractivity contribution in [1.29, 1.82) is 0 Å². The summed E-state index contributed by atoms with van der Waals surface area (Å²) < 4.78 is 3.34. The van der Waals surface area contributed by atoms with Crippen LogP contribution in [-0.2, 0) is 35.1 Å². The molecule has 0 atom stereocenters. The van der Waals surface area contributed by atoms with Crippen LogP contribution in [0.15, 0.2) is 60.7 Å². The average molecular weight is 476 g/mol. The summed E-state index contributed by atoms with van der Waals surface area (Å²) in [6.45, 7) is 18.1. The van der Waals surface area contributed by atoms with Gasteiger partial charge in [-0.2, -0.15) is 0 Å². The number of aryl methyl sites for hydroxylation is 2. The molecule has 0 aliphatic rings. The van der Waals surface area contributed by atoms with Crippen LogP contribution in [0, 0.1) is 13.8 Å². The van der Waals surface area contributed by atoms with E-state index in [1.54, 1.807) is 0 Å². The molecule has 0 unspecified atom stereocenters. The van der Waals surface area contributed by atoms with Crippen LogP contribution in [0.5, 0.6) is 0 Å². The molecule has 0 fully saturated rings. The van der Waals surface area contributed by atoms with Gasteiger partial charge in [0.2, 0.25) is 0 Å². The number of rotatable bonds is 0. The Morgan fingerprint density at radius 1 is 0.600 bits per heavy atom. The van der Waals surface area contributed by atoms with Crippen molar-refractivity contribution in [2.24, 2.45) is 0 Å². The molecule has 0 aliphatic heterocycles. The van der Waals surface area contributed by atoms with Crippen molar-refractivity contribution in [2.45, 2.75) is 66.2 Å². The van der Waals surface area contributed by atoms with Crippen LogP contribution in [0.2, 0.25) is 0 Å². The van der Waals surface area contributed by atoms with Crippen LogP contribution in [0.25, 0.3) is 21.5 Å². The first-order valence-corrected chi connectivity index (χ1v) is 12.4. The molecule has 4 rings (SSSR count). The van der Waals surface area contributed by atoms with Gasteiger partial charge in [-0.1, -0.05) is 78.4 Å². The maximum absolute atomic E-state index is 3.34. The molecule has 0 bridgehead atoms. The fourth-order valence-electron chi connectivity index (χ4n) is 4.73. The summed E-state index contributed by atoms with van der Waals surface area (Å²) in [6, 6.07) is 21.9. The molecule has 0 aromatic heterocycles. The summed E-state index contributed by atoms with van der Waals surface area (Å²) in [7, 11) is 0. The Morgan fingerprint density at radius 2 is 0.900 bits per heavy atom. The van der Waals surface area contributed by atoms with E-state index in [9.17, 15) is 0 Å². The molecule has 30 heavy (non-hydrogen) atoms. The topological polar surface area (TPSA) is 0 Å². The van der Waals surface area contributed by atoms with Crippen LogP contribution in [0.1, 0.15) is 63.8 Å². The van der Waals surface area contributed by atoms with Crippen molar-refractivity contribution in [3.8, 4) is 0 Å². The van der Waals surface area contributed by atoms with Crippen LogP contribution >= 0.6 is 0 Å². The fourth-order valence-corrected chi connectivity index (χ4v) is 4.73. The molecule has 156 valence electrons. The minimum absolute atomic E-state index is 0.243. The number of hydrogen-bond acceptors (Lipinski definition) is 0. The SMILES string of the molecule is Cc1[cH-]c2ccccc2c1C(C)(C)C.Cc1[cH-]c2ccccc2c1C(C)(C)C.[CH2]=[Zr+2]. The summed E-state index contributed by atoms with van der Waals surface area (Å²) in [5.74, 6) is 0. The van der Waals surface area contributed by atoms with E-state index in [-0.39, 0.29) is 10.8 Å². The zero-order valence-electron chi connectivity index (χ0n) is 20.0. The quantitative estimate of drug-likeness (QED) is 0.224. The molecular weight excluding hydrogens is 440 g/mol. The van der Waals surface area contributed by atoms with E-state index >= 15 is 0 Å². The van der Waals surface area contributed by atoms with E-state index < -0.39 is 0 Å². The molecular formula is C29H36Zr. The molecule has 0 heterocycles. The molecule has 1 heteroatoms. The van der Waals surface area contributed by atoms with Crippen LogP contribution in [0.4, 0.5) is 0 Å². The molecule has 0 spiro atoms. The predicted octanol–water partition coefficient (Wildman–Crippen LogP) is 8.29.